The molecule has 0 amide bonds. The minimum absolute atomic E-state index is 0.0426. The molecule has 0 aromatic carbocycles. The fraction of sp³-hybridized carbons (Fsp3) is 0.769. The van der Waals surface area contributed by atoms with Crippen molar-refractivity contribution in [1.29, 1.82) is 0 Å². The molecule has 0 unspecified atom stereocenters. The van der Waals surface area contributed by atoms with Crippen LogP contribution in [-0.2, 0) is 13.1 Å². The van der Waals surface area contributed by atoms with Crippen LogP contribution >= 0.6 is 0 Å². The predicted molar refractivity (Wildman–Crippen MR) is 67.6 cm³/mol. The summed E-state index contributed by atoms with van der Waals surface area (Å²) in [6, 6.07) is 0. The van der Waals surface area contributed by atoms with Crippen LogP contribution in [0.15, 0.2) is 12.5 Å². The van der Waals surface area contributed by atoms with E-state index in [-0.39, 0.29) is 6.10 Å². The van der Waals surface area contributed by atoms with Gasteiger partial charge in [0.1, 0.15) is 0 Å². The van der Waals surface area contributed by atoms with Crippen molar-refractivity contribution in [2.75, 3.05) is 13.6 Å². The lowest BCUT2D eigenvalue weighted by molar-refractivity contribution is 0.0271. The molecule has 0 atom stereocenters. The Morgan fingerprint density at radius 1 is 1.53 bits per heavy atom. The highest BCUT2D eigenvalue weighted by Gasteiger charge is 2.27. The summed E-state index contributed by atoms with van der Waals surface area (Å²) in [7, 11) is 2.15. The van der Waals surface area contributed by atoms with Gasteiger partial charge in [-0.25, -0.2) is 4.98 Å². The zero-order valence-corrected chi connectivity index (χ0v) is 10.8. The summed E-state index contributed by atoms with van der Waals surface area (Å²) in [6.45, 7) is 5.26. The first kappa shape index (κ1) is 12.6. The number of hydrogen-bond acceptors (Lipinski definition) is 3. The first-order valence-corrected chi connectivity index (χ1v) is 6.54. The third-order valence-corrected chi connectivity index (χ3v) is 3.48. The summed E-state index contributed by atoms with van der Waals surface area (Å²) in [4.78, 5) is 6.55. The van der Waals surface area contributed by atoms with Crippen molar-refractivity contribution >= 4 is 0 Å². The van der Waals surface area contributed by atoms with Crippen molar-refractivity contribution in [2.45, 2.75) is 45.4 Å². The van der Waals surface area contributed by atoms with E-state index in [1.807, 2.05) is 12.5 Å². The van der Waals surface area contributed by atoms with Crippen LogP contribution in [0.25, 0.3) is 0 Å². The van der Waals surface area contributed by atoms with Crippen LogP contribution in [0.5, 0.6) is 0 Å². The van der Waals surface area contributed by atoms with E-state index in [9.17, 15) is 5.11 Å². The number of imidazole rings is 1. The summed E-state index contributed by atoms with van der Waals surface area (Å²) in [5, 5.41) is 9.27. The topological polar surface area (TPSA) is 41.3 Å². The summed E-state index contributed by atoms with van der Waals surface area (Å²) in [6.07, 6.45) is 6.92. The standard InChI is InChI=1S/C13H23N3O/c1-3-4-16-10-14-7-12(16)9-15(2)8-11-5-13(17)6-11/h7,10-11,13,17H,3-6,8-9H2,1-2H3. The SMILES string of the molecule is CCCn1cncc1CN(C)CC1CC(O)C1. The number of aryl methyl sites for hydroxylation is 1. The van der Waals surface area contributed by atoms with Crippen LogP contribution < -0.4 is 0 Å². The highest BCUT2D eigenvalue weighted by atomic mass is 16.3. The quantitative estimate of drug-likeness (QED) is 0.815. The second-order valence-corrected chi connectivity index (χ2v) is 5.27. The van der Waals surface area contributed by atoms with Gasteiger partial charge in [-0.15, -0.1) is 0 Å². The van der Waals surface area contributed by atoms with E-state index < -0.39 is 0 Å². The smallest absolute Gasteiger partial charge is 0.0948 e. The van der Waals surface area contributed by atoms with Crippen LogP contribution in [0, 0.1) is 5.92 Å². The summed E-state index contributed by atoms with van der Waals surface area (Å²) < 4.78 is 2.23. The first-order chi connectivity index (χ1) is 8.19. The fourth-order valence-electron chi connectivity index (χ4n) is 2.55. The molecule has 0 bridgehead atoms. The summed E-state index contributed by atoms with van der Waals surface area (Å²) in [5.74, 6) is 0.678. The van der Waals surface area contributed by atoms with Gasteiger partial charge in [-0.1, -0.05) is 6.92 Å². The van der Waals surface area contributed by atoms with Crippen LogP contribution in [0.4, 0.5) is 0 Å². The molecular formula is C13H23N3O. The van der Waals surface area contributed by atoms with Gasteiger partial charge in [-0.2, -0.15) is 0 Å². The number of aromatic nitrogens is 2. The Kier molecular flexibility index (Phi) is 4.18. The van der Waals surface area contributed by atoms with E-state index in [2.05, 4.69) is 28.4 Å². The zero-order chi connectivity index (χ0) is 12.3. The van der Waals surface area contributed by atoms with Gasteiger partial charge in [0.2, 0.25) is 0 Å². The number of hydrogen-bond donors (Lipinski definition) is 1. The number of nitrogens with zero attached hydrogens (tertiary/aromatic N) is 3. The average molecular weight is 237 g/mol. The third kappa shape index (κ3) is 3.30. The molecule has 4 heteroatoms. The largest absolute Gasteiger partial charge is 0.393 e. The normalized spacial score (nSPS) is 24.0. The molecule has 1 aromatic heterocycles. The monoisotopic (exact) mass is 237 g/mol. The van der Waals surface area contributed by atoms with Gasteiger partial charge in [-0.3, -0.25) is 0 Å². The van der Waals surface area contributed by atoms with Gasteiger partial charge in [0, 0.05) is 25.8 Å². The molecule has 0 saturated heterocycles. The molecule has 1 aromatic rings. The summed E-state index contributed by atoms with van der Waals surface area (Å²) >= 11 is 0. The van der Waals surface area contributed by atoms with Gasteiger partial charge in [0.25, 0.3) is 0 Å². The molecule has 96 valence electrons. The average Bonchev–Trinajstić information content (AvgIpc) is 2.64. The Morgan fingerprint density at radius 2 is 2.29 bits per heavy atom. The zero-order valence-electron chi connectivity index (χ0n) is 10.8. The highest BCUT2D eigenvalue weighted by molar-refractivity contribution is 4.98. The van der Waals surface area contributed by atoms with E-state index >= 15 is 0 Å². The van der Waals surface area contributed by atoms with Crippen molar-refractivity contribution in [3.63, 3.8) is 0 Å². The maximum absolute atomic E-state index is 9.27. The van der Waals surface area contributed by atoms with Gasteiger partial charge in [0.05, 0.1) is 18.1 Å². The molecule has 0 spiro atoms. The van der Waals surface area contributed by atoms with E-state index in [0.29, 0.717) is 5.92 Å². The second-order valence-electron chi connectivity index (χ2n) is 5.27. The Morgan fingerprint density at radius 3 is 2.94 bits per heavy atom. The molecule has 2 rings (SSSR count). The minimum Gasteiger partial charge on any atom is -0.393 e. The first-order valence-electron chi connectivity index (χ1n) is 6.54. The van der Waals surface area contributed by atoms with Gasteiger partial charge in [0.15, 0.2) is 0 Å². The molecule has 17 heavy (non-hydrogen) atoms. The molecule has 4 nitrogen and oxygen atoms in total. The molecule has 0 aliphatic heterocycles. The number of aliphatic hydroxyl groups is 1. The van der Waals surface area contributed by atoms with Crippen molar-refractivity contribution in [1.82, 2.24) is 14.5 Å². The fourth-order valence-corrected chi connectivity index (χ4v) is 2.55. The van der Waals surface area contributed by atoms with Crippen LogP contribution in [0.1, 0.15) is 31.9 Å². The molecule has 1 aliphatic carbocycles. The summed E-state index contributed by atoms with van der Waals surface area (Å²) in [5.41, 5.74) is 1.29. The van der Waals surface area contributed by atoms with Crippen molar-refractivity contribution in [2.24, 2.45) is 5.92 Å². The van der Waals surface area contributed by atoms with Gasteiger partial charge in [-0.05, 0) is 32.2 Å². The van der Waals surface area contributed by atoms with Crippen LogP contribution in [-0.4, -0.2) is 39.3 Å². The lowest BCUT2D eigenvalue weighted by Gasteiger charge is -2.34. The molecule has 1 N–H and O–H groups in total. The van der Waals surface area contributed by atoms with E-state index in [4.69, 9.17) is 0 Å². The molecule has 1 fully saturated rings. The van der Waals surface area contributed by atoms with Crippen LogP contribution in [0.2, 0.25) is 0 Å². The third-order valence-electron chi connectivity index (χ3n) is 3.48. The van der Waals surface area contributed by atoms with Crippen LogP contribution in [0.3, 0.4) is 0 Å². The molecule has 0 radical (unpaired) electrons. The van der Waals surface area contributed by atoms with Gasteiger partial charge >= 0.3 is 0 Å². The maximum atomic E-state index is 9.27. The van der Waals surface area contributed by atoms with Gasteiger partial charge < -0.3 is 14.6 Å². The van der Waals surface area contributed by atoms with E-state index in [1.54, 1.807) is 0 Å². The number of aliphatic hydroxyl groups excluding tert-OH is 1. The second kappa shape index (κ2) is 5.65. The molecule has 1 heterocycles. The Hall–Kier alpha value is -0.870. The number of rotatable bonds is 6. The van der Waals surface area contributed by atoms with Crippen molar-refractivity contribution in [3.05, 3.63) is 18.2 Å². The molecule has 1 aliphatic rings. The van der Waals surface area contributed by atoms with Crippen molar-refractivity contribution in [3.8, 4) is 0 Å². The molecular weight excluding hydrogens is 214 g/mol. The van der Waals surface area contributed by atoms with E-state index in [0.717, 1.165) is 38.9 Å². The molecule has 1 saturated carbocycles. The van der Waals surface area contributed by atoms with E-state index in [1.165, 1.54) is 5.69 Å². The Balaban J connectivity index is 1.80. The Labute approximate surface area is 103 Å². The van der Waals surface area contributed by atoms with Crippen molar-refractivity contribution < 1.29 is 5.11 Å². The lowest BCUT2D eigenvalue weighted by Crippen LogP contribution is -2.37. The Bertz CT molecular complexity index is 344. The minimum atomic E-state index is -0.0426. The lowest BCUT2D eigenvalue weighted by atomic mass is 9.82. The maximum Gasteiger partial charge on any atom is 0.0948 e. The highest BCUT2D eigenvalue weighted by Crippen LogP contribution is 2.27. The predicted octanol–water partition coefficient (Wildman–Crippen LogP) is 1.50.